The molecule has 2 N–H and O–H groups in total. The SMILES string of the molecule is CC(NC(=S)Nc1ccc(-c2conc2-c2cccnc2)cc1)c1ccc(F)cc1. The Kier molecular flexibility index (Phi) is 5.81. The van der Waals surface area contributed by atoms with Crippen LogP contribution in [0.5, 0.6) is 0 Å². The molecule has 0 aliphatic rings. The molecule has 2 aromatic carbocycles. The summed E-state index contributed by atoms with van der Waals surface area (Å²) in [6, 6.07) is 17.9. The van der Waals surface area contributed by atoms with Gasteiger partial charge in [0, 0.05) is 29.2 Å². The lowest BCUT2D eigenvalue weighted by Crippen LogP contribution is -2.30. The number of hydrogen-bond acceptors (Lipinski definition) is 4. The Balaban J connectivity index is 1.43. The van der Waals surface area contributed by atoms with Crippen LogP contribution in [0.15, 0.2) is 83.8 Å². The zero-order valence-corrected chi connectivity index (χ0v) is 17.0. The minimum atomic E-state index is -0.258. The maximum absolute atomic E-state index is 13.1. The van der Waals surface area contributed by atoms with E-state index in [1.807, 2.05) is 43.3 Å². The monoisotopic (exact) mass is 418 g/mol. The molecule has 0 aliphatic carbocycles. The number of anilines is 1. The molecule has 0 radical (unpaired) electrons. The molecule has 0 spiro atoms. The quantitative estimate of drug-likeness (QED) is 0.412. The highest BCUT2D eigenvalue weighted by Crippen LogP contribution is 2.31. The first-order chi connectivity index (χ1) is 14.6. The van der Waals surface area contributed by atoms with Crippen LogP contribution >= 0.6 is 12.2 Å². The van der Waals surface area contributed by atoms with Crippen molar-refractivity contribution in [3.63, 3.8) is 0 Å². The Labute approximate surface area is 179 Å². The normalized spacial score (nSPS) is 11.7. The van der Waals surface area contributed by atoms with Crippen LogP contribution in [-0.2, 0) is 0 Å². The molecule has 30 heavy (non-hydrogen) atoms. The van der Waals surface area contributed by atoms with Gasteiger partial charge >= 0.3 is 0 Å². The van der Waals surface area contributed by atoms with E-state index in [9.17, 15) is 4.39 Å². The van der Waals surface area contributed by atoms with Crippen molar-refractivity contribution in [3.8, 4) is 22.4 Å². The average molecular weight is 418 g/mol. The number of aromatic nitrogens is 2. The third-order valence-corrected chi connectivity index (χ3v) is 4.90. The van der Waals surface area contributed by atoms with Gasteiger partial charge in [-0.25, -0.2) is 4.39 Å². The van der Waals surface area contributed by atoms with E-state index in [1.54, 1.807) is 30.8 Å². The lowest BCUT2D eigenvalue weighted by Gasteiger charge is -2.17. The predicted molar refractivity (Wildman–Crippen MR) is 119 cm³/mol. The number of rotatable bonds is 5. The lowest BCUT2D eigenvalue weighted by atomic mass is 10.0. The molecule has 2 heterocycles. The Morgan fingerprint density at radius 3 is 2.50 bits per heavy atom. The van der Waals surface area contributed by atoms with Gasteiger partial charge in [-0.2, -0.15) is 0 Å². The van der Waals surface area contributed by atoms with Crippen LogP contribution in [0.25, 0.3) is 22.4 Å². The summed E-state index contributed by atoms with van der Waals surface area (Å²) >= 11 is 5.41. The Morgan fingerprint density at radius 1 is 1.03 bits per heavy atom. The van der Waals surface area contributed by atoms with Crippen molar-refractivity contribution in [2.24, 2.45) is 0 Å². The van der Waals surface area contributed by atoms with Crippen molar-refractivity contribution in [2.45, 2.75) is 13.0 Å². The van der Waals surface area contributed by atoms with Gasteiger partial charge in [0.1, 0.15) is 17.8 Å². The van der Waals surface area contributed by atoms with Crippen molar-refractivity contribution in [3.05, 3.63) is 90.7 Å². The number of benzene rings is 2. The highest BCUT2D eigenvalue weighted by molar-refractivity contribution is 7.80. The molecular weight excluding hydrogens is 399 g/mol. The molecule has 2 aromatic heterocycles. The van der Waals surface area contributed by atoms with Crippen LogP contribution in [-0.4, -0.2) is 15.3 Å². The second-order valence-corrected chi connectivity index (χ2v) is 7.18. The molecule has 0 fully saturated rings. The maximum atomic E-state index is 13.1. The summed E-state index contributed by atoms with van der Waals surface area (Å²) in [6.45, 7) is 1.97. The highest BCUT2D eigenvalue weighted by atomic mass is 32.1. The van der Waals surface area contributed by atoms with Gasteiger partial charge in [-0.1, -0.05) is 29.4 Å². The first kappa shape index (κ1) is 19.7. The molecule has 4 rings (SSSR count). The zero-order chi connectivity index (χ0) is 20.9. The third-order valence-electron chi connectivity index (χ3n) is 4.68. The molecule has 0 aliphatic heterocycles. The fourth-order valence-electron chi connectivity index (χ4n) is 3.08. The first-order valence-electron chi connectivity index (χ1n) is 9.38. The minimum absolute atomic E-state index is 0.0519. The van der Waals surface area contributed by atoms with E-state index < -0.39 is 0 Å². The molecule has 0 bridgehead atoms. The van der Waals surface area contributed by atoms with Crippen LogP contribution in [0.3, 0.4) is 0 Å². The number of pyridine rings is 1. The van der Waals surface area contributed by atoms with Gasteiger partial charge in [0.2, 0.25) is 0 Å². The molecule has 4 aromatic rings. The number of nitrogens with one attached hydrogen (secondary N) is 2. The average Bonchev–Trinajstić information content (AvgIpc) is 3.25. The summed E-state index contributed by atoms with van der Waals surface area (Å²) in [4.78, 5) is 4.14. The molecular formula is C23H19FN4OS. The maximum Gasteiger partial charge on any atom is 0.171 e. The van der Waals surface area contributed by atoms with Gasteiger partial charge in [0.15, 0.2) is 5.11 Å². The molecule has 5 nitrogen and oxygen atoms in total. The summed E-state index contributed by atoms with van der Waals surface area (Å²) in [7, 11) is 0. The van der Waals surface area contributed by atoms with Crippen LogP contribution in [0.4, 0.5) is 10.1 Å². The van der Waals surface area contributed by atoms with E-state index in [1.165, 1.54) is 12.1 Å². The Hall–Kier alpha value is -3.58. The molecule has 0 saturated heterocycles. The van der Waals surface area contributed by atoms with Crippen LogP contribution in [0, 0.1) is 5.82 Å². The van der Waals surface area contributed by atoms with Crippen LogP contribution in [0.1, 0.15) is 18.5 Å². The van der Waals surface area contributed by atoms with E-state index in [0.717, 1.165) is 33.6 Å². The molecule has 0 saturated carbocycles. The number of thiocarbonyl (C=S) groups is 1. The third kappa shape index (κ3) is 4.52. The van der Waals surface area contributed by atoms with Gasteiger partial charge in [-0.15, -0.1) is 0 Å². The van der Waals surface area contributed by atoms with Gasteiger partial charge in [0.05, 0.1) is 6.04 Å². The fraction of sp³-hybridized carbons (Fsp3) is 0.0870. The van der Waals surface area contributed by atoms with Crippen LogP contribution < -0.4 is 10.6 Å². The summed E-state index contributed by atoms with van der Waals surface area (Å²) in [5.74, 6) is -0.258. The van der Waals surface area contributed by atoms with Crippen molar-refractivity contribution in [2.75, 3.05) is 5.32 Å². The second-order valence-electron chi connectivity index (χ2n) is 6.77. The summed E-state index contributed by atoms with van der Waals surface area (Å²) in [5.41, 5.74) is 5.30. The van der Waals surface area contributed by atoms with E-state index in [2.05, 4.69) is 20.8 Å². The topological polar surface area (TPSA) is 63.0 Å². The second kappa shape index (κ2) is 8.84. The zero-order valence-electron chi connectivity index (χ0n) is 16.2. The lowest BCUT2D eigenvalue weighted by molar-refractivity contribution is 0.422. The molecule has 1 unspecified atom stereocenters. The van der Waals surface area contributed by atoms with E-state index in [0.29, 0.717) is 5.11 Å². The Morgan fingerprint density at radius 2 is 1.80 bits per heavy atom. The highest BCUT2D eigenvalue weighted by Gasteiger charge is 2.13. The standard InChI is InChI=1S/C23H19FN4OS/c1-15(16-4-8-19(24)9-5-16)26-23(30)27-20-10-6-17(7-11-20)21-14-29-28-22(21)18-3-2-12-25-13-18/h2-15H,1H3,(H2,26,27,30). The van der Waals surface area contributed by atoms with Crippen molar-refractivity contribution in [1.82, 2.24) is 15.5 Å². The minimum Gasteiger partial charge on any atom is -0.363 e. The molecule has 0 amide bonds. The van der Waals surface area contributed by atoms with Crippen molar-refractivity contribution >= 4 is 23.0 Å². The summed E-state index contributed by atoms with van der Waals surface area (Å²) < 4.78 is 18.3. The summed E-state index contributed by atoms with van der Waals surface area (Å²) in [6.07, 6.45) is 5.10. The van der Waals surface area contributed by atoms with E-state index >= 15 is 0 Å². The summed E-state index contributed by atoms with van der Waals surface area (Å²) in [5, 5.41) is 11.0. The Bertz CT molecular complexity index is 1130. The van der Waals surface area contributed by atoms with Gasteiger partial charge in [-0.3, -0.25) is 4.98 Å². The smallest absolute Gasteiger partial charge is 0.171 e. The van der Waals surface area contributed by atoms with Crippen LogP contribution in [0.2, 0.25) is 0 Å². The molecule has 150 valence electrons. The number of hydrogen-bond donors (Lipinski definition) is 2. The predicted octanol–water partition coefficient (Wildman–Crippen LogP) is 5.59. The van der Waals surface area contributed by atoms with Gasteiger partial charge in [0.25, 0.3) is 0 Å². The molecule has 7 heteroatoms. The largest absolute Gasteiger partial charge is 0.363 e. The van der Waals surface area contributed by atoms with Crippen molar-refractivity contribution in [1.29, 1.82) is 0 Å². The molecule has 1 atom stereocenters. The van der Waals surface area contributed by atoms with Gasteiger partial charge in [-0.05, 0) is 66.7 Å². The first-order valence-corrected chi connectivity index (χ1v) is 9.79. The van der Waals surface area contributed by atoms with E-state index in [-0.39, 0.29) is 11.9 Å². The van der Waals surface area contributed by atoms with Crippen molar-refractivity contribution < 1.29 is 8.91 Å². The number of nitrogens with zero attached hydrogens (tertiary/aromatic N) is 2. The fourth-order valence-corrected chi connectivity index (χ4v) is 3.38. The van der Waals surface area contributed by atoms with Gasteiger partial charge < -0.3 is 15.2 Å². The number of halogens is 1. The van der Waals surface area contributed by atoms with E-state index in [4.69, 9.17) is 16.7 Å².